The first-order chi connectivity index (χ1) is 12.6. The summed E-state index contributed by atoms with van der Waals surface area (Å²) in [6.07, 6.45) is 12.8. The van der Waals surface area contributed by atoms with Crippen molar-refractivity contribution >= 4 is 5.97 Å². The van der Waals surface area contributed by atoms with Crippen LogP contribution >= 0.6 is 0 Å². The fraction of sp³-hybridized carbons (Fsp3) is 0.696. The summed E-state index contributed by atoms with van der Waals surface area (Å²) in [7, 11) is 0. The van der Waals surface area contributed by atoms with Gasteiger partial charge in [0.05, 0.1) is 6.61 Å². The molecule has 3 heteroatoms. The number of benzene rings is 1. The number of ether oxygens (including phenoxy) is 1. The van der Waals surface area contributed by atoms with Crippen LogP contribution in [0.15, 0.2) is 24.3 Å². The highest BCUT2D eigenvalue weighted by Gasteiger charge is 2.35. The maximum atomic E-state index is 10.7. The molecule has 1 N–H and O–H groups in total. The molecule has 1 aliphatic carbocycles. The lowest BCUT2D eigenvalue weighted by Crippen LogP contribution is -2.31. The lowest BCUT2D eigenvalue weighted by molar-refractivity contribution is -0.136. The van der Waals surface area contributed by atoms with Gasteiger partial charge in [-0.15, -0.1) is 0 Å². The largest absolute Gasteiger partial charge is 0.493 e. The summed E-state index contributed by atoms with van der Waals surface area (Å²) < 4.78 is 6.09. The van der Waals surface area contributed by atoms with Crippen LogP contribution in [0.4, 0.5) is 0 Å². The Hall–Kier alpha value is -1.51. The molecule has 1 aromatic carbocycles. The minimum absolute atomic E-state index is 0.180. The summed E-state index contributed by atoms with van der Waals surface area (Å²) >= 11 is 0. The Morgan fingerprint density at radius 3 is 2.62 bits per heavy atom. The van der Waals surface area contributed by atoms with E-state index in [1.807, 2.05) is 24.3 Å². The van der Waals surface area contributed by atoms with Gasteiger partial charge in [0, 0.05) is 6.42 Å². The van der Waals surface area contributed by atoms with Crippen LogP contribution in [0, 0.1) is 11.3 Å². The topological polar surface area (TPSA) is 46.5 Å². The van der Waals surface area contributed by atoms with Crippen molar-refractivity contribution in [3.8, 4) is 5.75 Å². The summed E-state index contributed by atoms with van der Waals surface area (Å²) in [6, 6.07) is 7.94. The van der Waals surface area contributed by atoms with E-state index in [-0.39, 0.29) is 6.42 Å². The van der Waals surface area contributed by atoms with Crippen LogP contribution in [0.3, 0.4) is 0 Å². The molecule has 0 aliphatic heterocycles. The molecular formula is C23H36O3. The van der Waals surface area contributed by atoms with Crippen LogP contribution in [0.1, 0.15) is 83.6 Å². The molecule has 0 radical (unpaired) electrons. The Labute approximate surface area is 159 Å². The van der Waals surface area contributed by atoms with Gasteiger partial charge in [-0.25, -0.2) is 0 Å². The van der Waals surface area contributed by atoms with E-state index < -0.39 is 5.97 Å². The molecule has 0 bridgehead atoms. The Balaban J connectivity index is 1.85. The van der Waals surface area contributed by atoms with Gasteiger partial charge in [0.15, 0.2) is 0 Å². The molecule has 0 spiro atoms. The zero-order valence-corrected chi connectivity index (χ0v) is 16.6. The molecule has 1 aliphatic rings. The van der Waals surface area contributed by atoms with Crippen molar-refractivity contribution in [3.63, 3.8) is 0 Å². The number of aryl methyl sites for hydroxylation is 1. The molecule has 26 heavy (non-hydrogen) atoms. The van der Waals surface area contributed by atoms with Gasteiger partial charge in [0.25, 0.3) is 0 Å². The Morgan fingerprint density at radius 1 is 1.19 bits per heavy atom. The molecule has 2 rings (SSSR count). The second-order valence-corrected chi connectivity index (χ2v) is 8.16. The van der Waals surface area contributed by atoms with Gasteiger partial charge >= 0.3 is 5.97 Å². The fourth-order valence-corrected chi connectivity index (χ4v) is 4.60. The van der Waals surface area contributed by atoms with Crippen molar-refractivity contribution in [2.24, 2.45) is 11.3 Å². The first-order valence-electron chi connectivity index (χ1n) is 10.5. The molecule has 1 aromatic rings. The normalized spacial score (nSPS) is 22.9. The molecule has 1 fully saturated rings. The van der Waals surface area contributed by atoms with E-state index in [9.17, 15) is 4.79 Å². The van der Waals surface area contributed by atoms with Crippen LogP contribution in [0.25, 0.3) is 0 Å². The van der Waals surface area contributed by atoms with Crippen molar-refractivity contribution in [3.05, 3.63) is 29.8 Å². The predicted molar refractivity (Wildman–Crippen MR) is 107 cm³/mol. The molecule has 146 valence electrons. The van der Waals surface area contributed by atoms with Crippen LogP contribution < -0.4 is 4.74 Å². The van der Waals surface area contributed by atoms with E-state index in [0.717, 1.165) is 17.9 Å². The van der Waals surface area contributed by atoms with Gasteiger partial charge in [-0.05, 0) is 67.6 Å². The van der Waals surface area contributed by atoms with Gasteiger partial charge in [0.1, 0.15) is 5.75 Å². The SMILES string of the molecule is CCCCC1(CCC)CCCC(COc2ccc(CCC(=O)O)cc2)C1. The second-order valence-electron chi connectivity index (χ2n) is 8.16. The van der Waals surface area contributed by atoms with Gasteiger partial charge in [-0.2, -0.15) is 0 Å². The molecule has 1 saturated carbocycles. The lowest BCUT2D eigenvalue weighted by atomic mass is 9.65. The fourth-order valence-electron chi connectivity index (χ4n) is 4.60. The Bertz CT molecular complexity index is 533. The highest BCUT2D eigenvalue weighted by atomic mass is 16.5. The number of hydrogen-bond acceptors (Lipinski definition) is 2. The molecule has 2 atom stereocenters. The number of unbranched alkanes of at least 4 members (excludes halogenated alkanes) is 1. The monoisotopic (exact) mass is 360 g/mol. The van der Waals surface area contributed by atoms with Crippen LogP contribution in [-0.4, -0.2) is 17.7 Å². The summed E-state index contributed by atoms with van der Waals surface area (Å²) in [5.41, 5.74) is 1.61. The van der Waals surface area contributed by atoms with Crippen molar-refractivity contribution in [2.45, 2.75) is 84.5 Å². The maximum Gasteiger partial charge on any atom is 0.303 e. The zero-order valence-electron chi connectivity index (χ0n) is 16.6. The van der Waals surface area contributed by atoms with Crippen molar-refractivity contribution in [1.82, 2.24) is 0 Å². The maximum absolute atomic E-state index is 10.7. The van der Waals surface area contributed by atoms with E-state index in [4.69, 9.17) is 9.84 Å². The smallest absolute Gasteiger partial charge is 0.303 e. The summed E-state index contributed by atoms with van der Waals surface area (Å²) in [4.78, 5) is 10.7. The van der Waals surface area contributed by atoms with E-state index in [0.29, 0.717) is 17.8 Å². The minimum atomic E-state index is -0.749. The van der Waals surface area contributed by atoms with Crippen LogP contribution in [-0.2, 0) is 11.2 Å². The lowest BCUT2D eigenvalue weighted by Gasteiger charge is -2.41. The van der Waals surface area contributed by atoms with Crippen molar-refractivity contribution in [2.75, 3.05) is 6.61 Å². The summed E-state index contributed by atoms with van der Waals surface area (Å²) in [6.45, 7) is 5.43. The third-order valence-corrected chi connectivity index (χ3v) is 5.92. The van der Waals surface area contributed by atoms with E-state index in [1.54, 1.807) is 0 Å². The third-order valence-electron chi connectivity index (χ3n) is 5.92. The molecular weight excluding hydrogens is 324 g/mol. The molecule has 0 heterocycles. The molecule has 2 unspecified atom stereocenters. The second kappa shape index (κ2) is 10.6. The number of carboxylic acid groups (broad SMARTS) is 1. The highest BCUT2D eigenvalue weighted by molar-refractivity contribution is 5.67. The minimum Gasteiger partial charge on any atom is -0.493 e. The van der Waals surface area contributed by atoms with Gasteiger partial charge in [-0.1, -0.05) is 51.7 Å². The quantitative estimate of drug-likeness (QED) is 0.507. The molecule has 0 aromatic heterocycles. The number of carboxylic acids is 1. The van der Waals surface area contributed by atoms with Crippen molar-refractivity contribution in [1.29, 1.82) is 0 Å². The number of aliphatic carboxylic acids is 1. The predicted octanol–water partition coefficient (Wildman–Crippen LogP) is 6.25. The standard InChI is InChI=1S/C23H36O3/c1-3-5-15-23(14-4-2)16-6-7-20(17-23)18-26-21-11-8-19(9-12-21)10-13-22(24)25/h8-9,11-12,20H,3-7,10,13-18H2,1-2H3,(H,24,25). The van der Waals surface area contributed by atoms with Crippen LogP contribution in [0.2, 0.25) is 0 Å². The van der Waals surface area contributed by atoms with E-state index in [2.05, 4.69) is 13.8 Å². The summed E-state index contributed by atoms with van der Waals surface area (Å²) in [5, 5.41) is 8.77. The third kappa shape index (κ3) is 6.66. The number of hydrogen-bond donors (Lipinski definition) is 1. The highest BCUT2D eigenvalue weighted by Crippen LogP contribution is 2.46. The Kier molecular flexibility index (Phi) is 8.47. The molecule has 3 nitrogen and oxygen atoms in total. The average molecular weight is 361 g/mol. The average Bonchev–Trinajstić information content (AvgIpc) is 2.64. The summed E-state index contributed by atoms with van der Waals surface area (Å²) in [5.74, 6) is 0.824. The van der Waals surface area contributed by atoms with Crippen molar-refractivity contribution < 1.29 is 14.6 Å². The van der Waals surface area contributed by atoms with Gasteiger partial charge < -0.3 is 9.84 Å². The number of rotatable bonds is 11. The van der Waals surface area contributed by atoms with E-state index >= 15 is 0 Å². The number of carbonyl (C=O) groups is 1. The zero-order chi connectivity index (χ0) is 18.8. The first-order valence-corrected chi connectivity index (χ1v) is 10.5. The van der Waals surface area contributed by atoms with Crippen LogP contribution in [0.5, 0.6) is 5.75 Å². The molecule has 0 saturated heterocycles. The first kappa shape index (κ1) is 20.8. The van der Waals surface area contributed by atoms with E-state index in [1.165, 1.54) is 57.8 Å². The Morgan fingerprint density at radius 2 is 1.96 bits per heavy atom. The van der Waals surface area contributed by atoms with Gasteiger partial charge in [-0.3, -0.25) is 4.79 Å². The van der Waals surface area contributed by atoms with Gasteiger partial charge in [0.2, 0.25) is 0 Å². The molecule has 0 amide bonds.